The van der Waals surface area contributed by atoms with Crippen molar-refractivity contribution in [3.05, 3.63) is 76.3 Å². The lowest BCUT2D eigenvalue weighted by Crippen LogP contribution is -2.40. The molecule has 3 rings (SSSR count). The Labute approximate surface area is 180 Å². The summed E-state index contributed by atoms with van der Waals surface area (Å²) < 4.78 is 29.5. The average molecular weight is 454 g/mol. The molecule has 1 saturated heterocycles. The third-order valence-corrected chi connectivity index (χ3v) is 7.07. The quantitative estimate of drug-likeness (QED) is 0.583. The van der Waals surface area contributed by atoms with Gasteiger partial charge in [-0.3, -0.25) is 4.79 Å². The number of carbonyl (C=O) groups is 1. The Morgan fingerprint density at radius 1 is 1.21 bits per heavy atom. The molecule has 154 valence electrons. The number of hydrogen-bond donors (Lipinski definition) is 0. The Morgan fingerprint density at radius 3 is 2.52 bits per heavy atom. The zero-order chi connectivity index (χ0) is 21.0. The van der Waals surface area contributed by atoms with Gasteiger partial charge in [0.25, 0.3) is 5.91 Å². The van der Waals surface area contributed by atoms with E-state index in [9.17, 15) is 13.2 Å². The van der Waals surface area contributed by atoms with Gasteiger partial charge in [-0.15, -0.1) is 0 Å². The van der Waals surface area contributed by atoms with E-state index in [1.165, 1.54) is 0 Å². The molecule has 0 bridgehead atoms. The highest BCUT2D eigenvalue weighted by molar-refractivity contribution is 7.91. The van der Waals surface area contributed by atoms with Crippen molar-refractivity contribution in [1.29, 1.82) is 0 Å². The van der Waals surface area contributed by atoms with Crippen molar-refractivity contribution in [3.63, 3.8) is 0 Å². The Bertz CT molecular complexity index is 1010. The lowest BCUT2D eigenvalue weighted by molar-refractivity contribution is 0.0681. The van der Waals surface area contributed by atoms with Crippen molar-refractivity contribution in [2.45, 2.75) is 19.0 Å². The molecule has 0 N–H and O–H groups in total. The van der Waals surface area contributed by atoms with Gasteiger partial charge in [-0.05, 0) is 48.4 Å². The molecule has 1 aliphatic heterocycles. The van der Waals surface area contributed by atoms with Crippen molar-refractivity contribution < 1.29 is 17.9 Å². The molecule has 0 aromatic heterocycles. The van der Waals surface area contributed by atoms with Crippen LogP contribution in [0.5, 0.6) is 5.75 Å². The fourth-order valence-corrected chi connectivity index (χ4v) is 5.44. The summed E-state index contributed by atoms with van der Waals surface area (Å²) in [5.74, 6) is 0.389. The smallest absolute Gasteiger partial charge is 0.254 e. The second-order valence-corrected chi connectivity index (χ2v) is 9.92. The molecule has 1 atom stereocenters. The normalized spacial score (nSPS) is 17.7. The van der Waals surface area contributed by atoms with Gasteiger partial charge in [0.15, 0.2) is 9.84 Å². The Hall–Kier alpha value is -2.02. The van der Waals surface area contributed by atoms with Crippen LogP contribution in [0.15, 0.2) is 55.1 Å². The number of carbonyl (C=O) groups excluding carboxylic acids is 1. The van der Waals surface area contributed by atoms with Gasteiger partial charge in [0.2, 0.25) is 0 Å². The fourth-order valence-electron chi connectivity index (χ4n) is 3.24. The summed E-state index contributed by atoms with van der Waals surface area (Å²) in [7, 11) is -3.16. The van der Waals surface area contributed by atoms with Crippen LogP contribution >= 0.6 is 23.2 Å². The second-order valence-electron chi connectivity index (χ2n) is 6.85. The van der Waals surface area contributed by atoms with Crippen LogP contribution in [-0.2, 0) is 16.4 Å². The Kier molecular flexibility index (Phi) is 6.88. The van der Waals surface area contributed by atoms with Gasteiger partial charge in [-0.2, -0.15) is 0 Å². The highest BCUT2D eigenvalue weighted by Gasteiger charge is 2.35. The number of ether oxygens (including phenoxy) is 1. The fraction of sp³-hybridized carbons (Fsp3) is 0.286. The summed E-state index contributed by atoms with van der Waals surface area (Å²) in [4.78, 5) is 14.8. The highest BCUT2D eigenvalue weighted by Crippen LogP contribution is 2.27. The van der Waals surface area contributed by atoms with Gasteiger partial charge >= 0.3 is 0 Å². The minimum Gasteiger partial charge on any atom is -0.490 e. The van der Waals surface area contributed by atoms with Crippen molar-refractivity contribution in [2.24, 2.45) is 0 Å². The van der Waals surface area contributed by atoms with Crippen LogP contribution in [0.25, 0.3) is 0 Å². The average Bonchev–Trinajstić information content (AvgIpc) is 3.05. The summed E-state index contributed by atoms with van der Waals surface area (Å²) in [5.41, 5.74) is 1.16. The Morgan fingerprint density at radius 2 is 1.93 bits per heavy atom. The zero-order valence-corrected chi connectivity index (χ0v) is 18.0. The largest absolute Gasteiger partial charge is 0.490 e. The van der Waals surface area contributed by atoms with E-state index in [0.717, 1.165) is 0 Å². The molecule has 0 spiro atoms. The predicted molar refractivity (Wildman–Crippen MR) is 116 cm³/mol. The van der Waals surface area contributed by atoms with E-state index >= 15 is 0 Å². The van der Waals surface area contributed by atoms with Crippen molar-refractivity contribution in [1.82, 2.24) is 4.90 Å². The number of rotatable bonds is 7. The molecule has 0 aliphatic carbocycles. The molecule has 1 amide bonds. The van der Waals surface area contributed by atoms with Crippen LogP contribution in [0.1, 0.15) is 22.3 Å². The van der Waals surface area contributed by atoms with Crippen LogP contribution in [0, 0.1) is 0 Å². The molecular formula is C21H21Cl2NO4S. The molecule has 2 aromatic carbocycles. The van der Waals surface area contributed by atoms with Crippen LogP contribution in [0.3, 0.4) is 0 Å². The lowest BCUT2D eigenvalue weighted by Gasteiger charge is -2.29. The monoisotopic (exact) mass is 453 g/mol. The molecule has 2 aromatic rings. The van der Waals surface area contributed by atoms with Crippen LogP contribution in [0.4, 0.5) is 0 Å². The maximum absolute atomic E-state index is 13.3. The minimum absolute atomic E-state index is 0.0511. The van der Waals surface area contributed by atoms with E-state index in [-0.39, 0.29) is 24.0 Å². The lowest BCUT2D eigenvalue weighted by atomic mass is 10.1. The third kappa shape index (κ3) is 5.53. The topological polar surface area (TPSA) is 63.7 Å². The van der Waals surface area contributed by atoms with Gasteiger partial charge in [0.05, 0.1) is 11.5 Å². The SMILES string of the molecule is C=CCOc1ccc(C(=O)N(Cc2ccc(Cl)cc2Cl)[C@@H]2CCS(=O)(=O)C2)cc1. The Balaban J connectivity index is 1.87. The molecule has 1 fully saturated rings. The number of sulfone groups is 1. The van der Waals surface area contributed by atoms with Gasteiger partial charge in [-0.1, -0.05) is 41.9 Å². The van der Waals surface area contributed by atoms with Crippen molar-refractivity contribution in [3.8, 4) is 5.75 Å². The van der Waals surface area contributed by atoms with Gasteiger partial charge in [0.1, 0.15) is 12.4 Å². The first kappa shape index (κ1) is 21.7. The number of halogens is 2. The summed E-state index contributed by atoms with van der Waals surface area (Å²) in [6.45, 7) is 4.17. The maximum Gasteiger partial charge on any atom is 0.254 e. The first-order chi connectivity index (χ1) is 13.8. The number of benzene rings is 2. The van der Waals surface area contributed by atoms with Gasteiger partial charge in [0, 0.05) is 28.2 Å². The van der Waals surface area contributed by atoms with Crippen LogP contribution < -0.4 is 4.74 Å². The van der Waals surface area contributed by atoms with E-state index in [0.29, 0.717) is 39.9 Å². The second kappa shape index (κ2) is 9.20. The summed E-state index contributed by atoms with van der Waals surface area (Å²) in [6.07, 6.45) is 2.04. The number of nitrogens with zero attached hydrogens (tertiary/aromatic N) is 1. The highest BCUT2D eigenvalue weighted by atomic mass is 35.5. The van der Waals surface area contributed by atoms with E-state index in [1.54, 1.807) is 53.4 Å². The number of amides is 1. The van der Waals surface area contributed by atoms with E-state index in [4.69, 9.17) is 27.9 Å². The third-order valence-electron chi connectivity index (χ3n) is 4.73. The number of hydrogen-bond acceptors (Lipinski definition) is 4. The zero-order valence-electron chi connectivity index (χ0n) is 15.7. The molecule has 5 nitrogen and oxygen atoms in total. The minimum atomic E-state index is -3.16. The van der Waals surface area contributed by atoms with Gasteiger partial charge in [-0.25, -0.2) is 8.42 Å². The molecule has 0 saturated carbocycles. The summed E-state index contributed by atoms with van der Waals surface area (Å²) in [6, 6.07) is 11.4. The van der Waals surface area contributed by atoms with Crippen molar-refractivity contribution >= 4 is 38.9 Å². The van der Waals surface area contributed by atoms with E-state index < -0.39 is 15.9 Å². The molecule has 0 unspecified atom stereocenters. The van der Waals surface area contributed by atoms with Crippen LogP contribution in [0.2, 0.25) is 10.0 Å². The van der Waals surface area contributed by atoms with E-state index in [2.05, 4.69) is 6.58 Å². The molecule has 0 radical (unpaired) electrons. The van der Waals surface area contributed by atoms with Crippen molar-refractivity contribution in [2.75, 3.05) is 18.1 Å². The molecule has 29 heavy (non-hydrogen) atoms. The van der Waals surface area contributed by atoms with Crippen LogP contribution in [-0.4, -0.2) is 43.4 Å². The standard InChI is InChI=1S/C21H21Cl2NO4S/c1-2-10-28-19-7-4-15(5-8-19)21(25)24(18-9-11-29(26,27)14-18)13-16-3-6-17(22)12-20(16)23/h2-8,12,18H,1,9-11,13-14H2/t18-/m1/s1. The first-order valence-electron chi connectivity index (χ1n) is 9.08. The maximum atomic E-state index is 13.3. The summed E-state index contributed by atoms with van der Waals surface area (Å²) in [5, 5.41) is 0.930. The molecular weight excluding hydrogens is 433 g/mol. The van der Waals surface area contributed by atoms with Gasteiger partial charge < -0.3 is 9.64 Å². The molecule has 1 heterocycles. The summed E-state index contributed by atoms with van der Waals surface area (Å²) >= 11 is 12.3. The molecule has 8 heteroatoms. The van der Waals surface area contributed by atoms with E-state index in [1.807, 2.05) is 0 Å². The molecule has 1 aliphatic rings. The first-order valence-corrected chi connectivity index (χ1v) is 11.7. The predicted octanol–water partition coefficient (Wildman–Crippen LogP) is 4.39.